The highest BCUT2D eigenvalue weighted by Crippen LogP contribution is 2.34. The second-order valence-corrected chi connectivity index (χ2v) is 18.5. The smallest absolute Gasteiger partial charge is 0.315 e. The number of hydrogen-bond acceptors (Lipinski definition) is 10. The zero-order valence-corrected chi connectivity index (χ0v) is 39.0. The minimum atomic E-state index is -0.272. The van der Waals surface area contributed by atoms with Gasteiger partial charge in [0, 0.05) is 65.5 Å². The molecule has 3 saturated heterocycles. The summed E-state index contributed by atoms with van der Waals surface area (Å²) in [6, 6.07) is 19.9. The molecule has 5 amide bonds. The number of benzene rings is 3. The molecule has 16 heteroatoms. The number of ether oxygens (including phenoxy) is 3. The van der Waals surface area contributed by atoms with E-state index in [9.17, 15) is 24.0 Å². The summed E-state index contributed by atoms with van der Waals surface area (Å²) in [5.41, 5.74) is 5.71. The molecule has 4 N–H and O–H groups in total. The number of likely N-dealkylation sites (tertiary alicyclic amines) is 1. The van der Waals surface area contributed by atoms with Gasteiger partial charge in [-0.3, -0.25) is 19.2 Å². The first-order valence-electron chi connectivity index (χ1n) is 22.8. The number of nitrogens with zero attached hydrogens (tertiary/aromatic N) is 3. The average molecular weight is 920 g/mol. The summed E-state index contributed by atoms with van der Waals surface area (Å²) < 4.78 is 18.7. The van der Waals surface area contributed by atoms with Crippen LogP contribution in [0.3, 0.4) is 0 Å². The van der Waals surface area contributed by atoms with Crippen LogP contribution < -0.4 is 26.0 Å². The molecule has 3 fully saturated rings. The van der Waals surface area contributed by atoms with Gasteiger partial charge >= 0.3 is 6.03 Å². The maximum Gasteiger partial charge on any atom is 0.315 e. The number of nitrogens with one attached hydrogen (secondary N) is 4. The number of carbonyl (C=O) groups excluding carboxylic acids is 5. The highest BCUT2D eigenvalue weighted by atomic mass is 32.2. The minimum absolute atomic E-state index is 0.00486. The summed E-state index contributed by atoms with van der Waals surface area (Å²) in [4.78, 5) is 70.0. The second kappa shape index (κ2) is 23.0. The molecule has 0 radical (unpaired) electrons. The summed E-state index contributed by atoms with van der Waals surface area (Å²) >= 11 is 1.89. The van der Waals surface area contributed by atoms with Gasteiger partial charge in [0.1, 0.15) is 5.75 Å². The van der Waals surface area contributed by atoms with Crippen LogP contribution >= 0.6 is 11.8 Å². The highest BCUT2D eigenvalue weighted by Gasteiger charge is 2.42. The quantitative estimate of drug-likeness (QED) is 0.0314. The Bertz CT molecular complexity index is 2370. The monoisotopic (exact) mass is 919 g/mol. The van der Waals surface area contributed by atoms with E-state index in [1.807, 2.05) is 77.7 Å². The van der Waals surface area contributed by atoms with E-state index in [1.54, 1.807) is 49.8 Å². The standard InChI is InChI=1S/C50H61N7O8S/c1-32-25-40(26-35-9-18-42(43(27-35)63-4)56-29-33(2)53-31-56)49(61)57(28-32)34(3)36-10-12-37(13-11-36)47(59)38-14-16-39(17-15-38)48(60)52-20-22-65-24-23-64-21-19-51-45(58)8-6-5-7-44-46-41(30-66-44)54-50(62)55-46/h9-18,26-27,29,31-32,34,41,44,46H,5-8,19-25,28,30H2,1-4H3,(H,51,58)(H,52,60)(H2,54,55,62)/b40-26+/t32-,34-,41?,44-,46?/m0/s1. The molecule has 1 aromatic heterocycles. The number of methoxy groups -OCH3 is 1. The van der Waals surface area contributed by atoms with E-state index in [0.29, 0.717) is 86.6 Å². The van der Waals surface area contributed by atoms with E-state index in [0.717, 1.165) is 53.1 Å². The Kier molecular flexibility index (Phi) is 16.7. The van der Waals surface area contributed by atoms with Crippen LogP contribution in [0.15, 0.2) is 84.8 Å². The number of unbranched alkanes of at least 4 members (excludes halogenated alkanes) is 1. The van der Waals surface area contributed by atoms with Crippen molar-refractivity contribution < 1.29 is 38.2 Å². The van der Waals surface area contributed by atoms with Crippen LogP contribution in [0.5, 0.6) is 5.75 Å². The van der Waals surface area contributed by atoms with Crippen molar-refractivity contribution >= 4 is 47.4 Å². The first kappa shape index (κ1) is 48.0. The number of piperidine rings is 1. The fourth-order valence-corrected chi connectivity index (χ4v) is 10.2. The van der Waals surface area contributed by atoms with E-state index in [-0.39, 0.29) is 53.6 Å². The lowest BCUT2D eigenvalue weighted by atomic mass is 9.90. The number of hydrogen-bond donors (Lipinski definition) is 4. The maximum absolute atomic E-state index is 13.9. The fraction of sp³-hybridized carbons (Fsp3) is 0.440. The van der Waals surface area contributed by atoms with Crippen molar-refractivity contribution in [2.45, 2.75) is 76.3 Å². The van der Waals surface area contributed by atoms with Gasteiger partial charge in [0.15, 0.2) is 5.78 Å². The fourth-order valence-electron chi connectivity index (χ4n) is 8.65. The van der Waals surface area contributed by atoms with Crippen molar-refractivity contribution in [2.75, 3.05) is 58.9 Å². The first-order chi connectivity index (χ1) is 32.0. The van der Waals surface area contributed by atoms with Crippen molar-refractivity contribution in [1.29, 1.82) is 0 Å². The van der Waals surface area contributed by atoms with Crippen LogP contribution in [0, 0.1) is 12.8 Å². The minimum Gasteiger partial charge on any atom is -0.495 e. The number of fused-ring (bicyclic) bond motifs is 1. The molecular formula is C50H61N7O8S. The van der Waals surface area contributed by atoms with Crippen molar-refractivity contribution in [3.8, 4) is 11.4 Å². The van der Waals surface area contributed by atoms with Gasteiger partial charge in [0.05, 0.1) is 69.4 Å². The summed E-state index contributed by atoms with van der Waals surface area (Å²) in [6.07, 6.45) is 9.51. The number of imidazole rings is 1. The van der Waals surface area contributed by atoms with Gasteiger partial charge in [-0.25, -0.2) is 9.78 Å². The first-order valence-corrected chi connectivity index (χ1v) is 23.9. The van der Waals surface area contributed by atoms with E-state index in [2.05, 4.69) is 33.2 Å². The molecule has 7 rings (SSSR count). The van der Waals surface area contributed by atoms with Crippen LogP contribution in [0.2, 0.25) is 0 Å². The largest absolute Gasteiger partial charge is 0.495 e. The molecule has 3 aliphatic rings. The molecule has 0 spiro atoms. The molecule has 350 valence electrons. The Labute approximate surface area is 390 Å². The summed E-state index contributed by atoms with van der Waals surface area (Å²) in [5.74, 6) is 1.44. The molecule has 5 atom stereocenters. The van der Waals surface area contributed by atoms with E-state index < -0.39 is 0 Å². The number of ketones is 1. The van der Waals surface area contributed by atoms with Crippen LogP contribution in [-0.4, -0.2) is 120 Å². The topological polar surface area (TPSA) is 182 Å². The van der Waals surface area contributed by atoms with Gasteiger partial charge < -0.3 is 44.9 Å². The zero-order valence-electron chi connectivity index (χ0n) is 38.2. The lowest BCUT2D eigenvalue weighted by molar-refractivity contribution is -0.132. The Hall–Kier alpha value is -5.97. The van der Waals surface area contributed by atoms with E-state index >= 15 is 0 Å². The highest BCUT2D eigenvalue weighted by molar-refractivity contribution is 8.00. The summed E-state index contributed by atoms with van der Waals surface area (Å²) in [5, 5.41) is 12.1. The maximum atomic E-state index is 13.9. The third-order valence-electron chi connectivity index (χ3n) is 12.2. The van der Waals surface area contributed by atoms with Crippen molar-refractivity contribution in [2.24, 2.45) is 5.92 Å². The Morgan fingerprint density at radius 1 is 0.909 bits per heavy atom. The molecule has 3 aliphatic heterocycles. The molecular weight excluding hydrogens is 859 g/mol. The molecule has 66 heavy (non-hydrogen) atoms. The summed E-state index contributed by atoms with van der Waals surface area (Å²) in [6.45, 7) is 8.86. The molecule has 4 aromatic rings. The number of rotatable bonds is 22. The Balaban J connectivity index is 0.776. The van der Waals surface area contributed by atoms with Gasteiger partial charge in [-0.1, -0.05) is 55.8 Å². The number of urea groups is 1. The van der Waals surface area contributed by atoms with Crippen molar-refractivity contribution in [1.82, 2.24) is 35.7 Å². The van der Waals surface area contributed by atoms with Crippen LogP contribution in [0.4, 0.5) is 4.79 Å². The molecule has 4 heterocycles. The third kappa shape index (κ3) is 12.5. The van der Waals surface area contributed by atoms with Gasteiger partial charge in [-0.15, -0.1) is 0 Å². The van der Waals surface area contributed by atoms with Gasteiger partial charge in [-0.05, 0) is 80.5 Å². The van der Waals surface area contributed by atoms with Crippen molar-refractivity contribution in [3.05, 3.63) is 118 Å². The van der Waals surface area contributed by atoms with Crippen LogP contribution in [0.1, 0.15) is 95.1 Å². The lowest BCUT2D eigenvalue weighted by Crippen LogP contribution is -2.42. The normalized spacial score (nSPS) is 20.1. The van der Waals surface area contributed by atoms with Crippen LogP contribution in [0.25, 0.3) is 11.8 Å². The molecule has 2 unspecified atom stereocenters. The van der Waals surface area contributed by atoms with E-state index in [4.69, 9.17) is 14.2 Å². The second-order valence-electron chi connectivity index (χ2n) is 17.2. The SMILES string of the molecule is COc1cc(/C=C2\C[C@H](C)CN([C@@H](C)c3ccc(C(=O)c4ccc(C(=O)NCCOCCOCCNC(=O)CCCC[C@@H]5SCC6NC(=O)NC65)cc4)cc3)C2=O)ccc1-n1cnc(C)c1. The van der Waals surface area contributed by atoms with Gasteiger partial charge in [0.25, 0.3) is 5.91 Å². The molecule has 0 bridgehead atoms. The molecule has 15 nitrogen and oxygen atoms in total. The molecule has 0 aliphatic carbocycles. The van der Waals surface area contributed by atoms with Crippen LogP contribution in [-0.2, 0) is 19.1 Å². The predicted molar refractivity (Wildman–Crippen MR) is 254 cm³/mol. The van der Waals surface area contributed by atoms with Gasteiger partial charge in [0.2, 0.25) is 11.8 Å². The van der Waals surface area contributed by atoms with Crippen molar-refractivity contribution in [3.63, 3.8) is 0 Å². The number of aryl methyl sites for hydroxylation is 1. The number of carbonyl (C=O) groups is 5. The Morgan fingerprint density at radius 2 is 1.61 bits per heavy atom. The Morgan fingerprint density at radius 3 is 2.30 bits per heavy atom. The lowest BCUT2D eigenvalue weighted by Gasteiger charge is -2.37. The summed E-state index contributed by atoms with van der Waals surface area (Å²) in [7, 11) is 1.63. The molecule has 0 saturated carbocycles. The number of aromatic nitrogens is 2. The van der Waals surface area contributed by atoms with E-state index in [1.165, 1.54) is 0 Å². The van der Waals surface area contributed by atoms with Gasteiger partial charge in [-0.2, -0.15) is 11.8 Å². The number of amides is 5. The zero-order chi connectivity index (χ0) is 46.6. The number of thioether (sulfide) groups is 1. The predicted octanol–water partition coefficient (Wildman–Crippen LogP) is 6.04. The third-order valence-corrected chi connectivity index (χ3v) is 13.7. The average Bonchev–Trinajstić information content (AvgIpc) is 4.04. The molecule has 3 aromatic carbocycles.